The molecule has 1 saturated carbocycles. The topological polar surface area (TPSA) is 45.2 Å². The molecule has 0 unspecified atom stereocenters. The number of amides is 1. The van der Waals surface area contributed by atoms with Crippen molar-refractivity contribution >= 4 is 5.91 Å². The standard InChI is InChI=1S/C26H33N3O/c1-2-15-28-25(30)26(14-8-17-29(20-26)23-11-4-5-12-23)18-21-9-3-6-13-24(21)22-10-7-16-27-19-22/h2-3,6-7,9-10,13,16,19,23H,1,4-5,8,11-12,14-15,17-18,20H2,(H,28,30)/t26-/m1/s1. The molecular weight excluding hydrogens is 370 g/mol. The molecule has 0 bridgehead atoms. The van der Waals surface area contributed by atoms with E-state index in [1.54, 1.807) is 12.3 Å². The summed E-state index contributed by atoms with van der Waals surface area (Å²) in [6.45, 7) is 6.27. The van der Waals surface area contributed by atoms with E-state index in [1.165, 1.54) is 36.8 Å². The summed E-state index contributed by atoms with van der Waals surface area (Å²) < 4.78 is 0. The highest BCUT2D eigenvalue weighted by Crippen LogP contribution is 2.39. The maximum absolute atomic E-state index is 13.5. The molecule has 30 heavy (non-hydrogen) atoms. The number of aromatic nitrogens is 1. The fourth-order valence-corrected chi connectivity index (χ4v) is 5.35. The van der Waals surface area contributed by atoms with E-state index in [4.69, 9.17) is 0 Å². The number of carbonyl (C=O) groups excluding carboxylic acids is 1. The summed E-state index contributed by atoms with van der Waals surface area (Å²) in [7, 11) is 0. The second-order valence-electron chi connectivity index (χ2n) is 8.87. The zero-order valence-electron chi connectivity index (χ0n) is 17.9. The molecule has 1 aromatic carbocycles. The lowest BCUT2D eigenvalue weighted by molar-refractivity contribution is -0.134. The summed E-state index contributed by atoms with van der Waals surface area (Å²) >= 11 is 0. The molecule has 4 heteroatoms. The molecule has 4 rings (SSSR count). The first kappa shape index (κ1) is 20.8. The Kier molecular flexibility index (Phi) is 6.63. The third-order valence-electron chi connectivity index (χ3n) is 6.85. The second kappa shape index (κ2) is 9.57. The fraction of sp³-hybridized carbons (Fsp3) is 0.462. The molecule has 1 aromatic heterocycles. The molecule has 1 saturated heterocycles. The monoisotopic (exact) mass is 403 g/mol. The minimum absolute atomic E-state index is 0.172. The lowest BCUT2D eigenvalue weighted by Gasteiger charge is -2.44. The quantitative estimate of drug-likeness (QED) is 0.686. The van der Waals surface area contributed by atoms with Gasteiger partial charge in [-0.25, -0.2) is 0 Å². The van der Waals surface area contributed by atoms with Crippen LogP contribution in [0.3, 0.4) is 0 Å². The highest BCUT2D eigenvalue weighted by molar-refractivity contribution is 5.84. The zero-order chi connectivity index (χ0) is 20.8. The molecule has 2 heterocycles. The Morgan fingerprint density at radius 1 is 1.20 bits per heavy atom. The summed E-state index contributed by atoms with van der Waals surface area (Å²) in [4.78, 5) is 20.4. The maximum Gasteiger partial charge on any atom is 0.228 e. The van der Waals surface area contributed by atoms with E-state index in [-0.39, 0.29) is 5.91 Å². The Balaban J connectivity index is 1.66. The number of benzene rings is 1. The van der Waals surface area contributed by atoms with Crippen molar-refractivity contribution in [1.29, 1.82) is 0 Å². The van der Waals surface area contributed by atoms with E-state index in [0.29, 0.717) is 12.6 Å². The highest BCUT2D eigenvalue weighted by atomic mass is 16.2. The number of nitrogens with zero attached hydrogens (tertiary/aromatic N) is 2. The van der Waals surface area contributed by atoms with Crippen molar-refractivity contribution < 1.29 is 4.79 Å². The molecule has 158 valence electrons. The van der Waals surface area contributed by atoms with E-state index >= 15 is 0 Å². The summed E-state index contributed by atoms with van der Waals surface area (Å²) in [5.74, 6) is 0.172. The van der Waals surface area contributed by atoms with Gasteiger partial charge < -0.3 is 5.32 Å². The molecule has 2 aliphatic rings. The van der Waals surface area contributed by atoms with Crippen LogP contribution < -0.4 is 5.32 Å². The van der Waals surface area contributed by atoms with E-state index in [0.717, 1.165) is 37.9 Å². The third-order valence-corrected chi connectivity index (χ3v) is 6.85. The van der Waals surface area contributed by atoms with Gasteiger partial charge in [0.05, 0.1) is 5.41 Å². The van der Waals surface area contributed by atoms with Gasteiger partial charge in [-0.1, -0.05) is 49.2 Å². The van der Waals surface area contributed by atoms with Crippen LogP contribution >= 0.6 is 0 Å². The maximum atomic E-state index is 13.5. The Hall–Kier alpha value is -2.46. The fourth-order valence-electron chi connectivity index (χ4n) is 5.35. The number of hydrogen-bond donors (Lipinski definition) is 1. The van der Waals surface area contributed by atoms with E-state index in [1.807, 2.05) is 12.3 Å². The Bertz CT molecular complexity index is 860. The van der Waals surface area contributed by atoms with Gasteiger partial charge in [0.15, 0.2) is 0 Å². The van der Waals surface area contributed by atoms with Gasteiger partial charge in [0.25, 0.3) is 0 Å². The normalized spacial score (nSPS) is 22.7. The summed E-state index contributed by atoms with van der Waals surface area (Å²) in [5.41, 5.74) is 3.12. The molecule has 2 fully saturated rings. The van der Waals surface area contributed by atoms with E-state index in [9.17, 15) is 4.79 Å². The molecule has 0 spiro atoms. The van der Waals surface area contributed by atoms with Gasteiger partial charge in [0.2, 0.25) is 5.91 Å². The largest absolute Gasteiger partial charge is 0.352 e. The zero-order valence-corrected chi connectivity index (χ0v) is 17.9. The van der Waals surface area contributed by atoms with Gasteiger partial charge in [0, 0.05) is 37.1 Å². The molecule has 0 radical (unpaired) electrons. The SMILES string of the molecule is C=CCNC(=O)[C@@]1(Cc2ccccc2-c2cccnc2)CCCN(C2CCCC2)C1. The van der Waals surface area contributed by atoms with Crippen LogP contribution in [0.4, 0.5) is 0 Å². The molecule has 1 aliphatic heterocycles. The molecule has 4 nitrogen and oxygen atoms in total. The first-order chi connectivity index (χ1) is 14.7. The number of piperidine rings is 1. The van der Waals surface area contributed by atoms with Crippen LogP contribution in [0.15, 0.2) is 61.4 Å². The van der Waals surface area contributed by atoms with Gasteiger partial charge in [0.1, 0.15) is 0 Å². The molecule has 1 aliphatic carbocycles. The number of rotatable bonds is 7. The summed E-state index contributed by atoms with van der Waals surface area (Å²) in [5, 5.41) is 3.14. The van der Waals surface area contributed by atoms with Crippen LogP contribution in [-0.4, -0.2) is 41.5 Å². The van der Waals surface area contributed by atoms with Crippen molar-refractivity contribution in [3.8, 4) is 11.1 Å². The first-order valence-electron chi connectivity index (χ1n) is 11.3. The van der Waals surface area contributed by atoms with Crippen molar-refractivity contribution in [2.75, 3.05) is 19.6 Å². The van der Waals surface area contributed by atoms with Crippen LogP contribution in [0.1, 0.15) is 44.1 Å². The third kappa shape index (κ3) is 4.49. The second-order valence-corrected chi connectivity index (χ2v) is 8.87. The van der Waals surface area contributed by atoms with Crippen LogP contribution in [0.2, 0.25) is 0 Å². The van der Waals surface area contributed by atoms with Gasteiger partial charge in [-0.05, 0) is 55.8 Å². The molecule has 2 aromatic rings. The molecule has 1 N–H and O–H groups in total. The Morgan fingerprint density at radius 3 is 2.80 bits per heavy atom. The Labute approximate surface area is 180 Å². The van der Waals surface area contributed by atoms with Crippen LogP contribution in [0.5, 0.6) is 0 Å². The predicted octanol–water partition coefficient (Wildman–Crippen LogP) is 4.62. The lowest BCUT2D eigenvalue weighted by Crippen LogP contribution is -2.55. The average molecular weight is 404 g/mol. The van der Waals surface area contributed by atoms with Crippen molar-refractivity contribution in [3.63, 3.8) is 0 Å². The van der Waals surface area contributed by atoms with Crippen LogP contribution in [0.25, 0.3) is 11.1 Å². The molecule has 1 amide bonds. The first-order valence-corrected chi connectivity index (χ1v) is 11.3. The predicted molar refractivity (Wildman–Crippen MR) is 122 cm³/mol. The van der Waals surface area contributed by atoms with Crippen LogP contribution in [0, 0.1) is 5.41 Å². The van der Waals surface area contributed by atoms with Crippen molar-refractivity contribution in [2.24, 2.45) is 5.41 Å². The van der Waals surface area contributed by atoms with Crippen LogP contribution in [-0.2, 0) is 11.2 Å². The number of carbonyl (C=O) groups is 1. The number of likely N-dealkylation sites (tertiary alicyclic amines) is 1. The number of hydrogen-bond acceptors (Lipinski definition) is 3. The summed E-state index contributed by atoms with van der Waals surface area (Å²) in [6.07, 6.45) is 13.4. The molecule has 1 atom stereocenters. The summed E-state index contributed by atoms with van der Waals surface area (Å²) in [6, 6.07) is 13.2. The smallest absolute Gasteiger partial charge is 0.228 e. The molecular formula is C26H33N3O. The van der Waals surface area contributed by atoms with E-state index < -0.39 is 5.41 Å². The van der Waals surface area contributed by atoms with Crippen molar-refractivity contribution in [3.05, 3.63) is 67.0 Å². The number of pyridine rings is 1. The highest BCUT2D eigenvalue weighted by Gasteiger charge is 2.44. The minimum Gasteiger partial charge on any atom is -0.352 e. The van der Waals surface area contributed by atoms with Gasteiger partial charge in [-0.3, -0.25) is 14.7 Å². The van der Waals surface area contributed by atoms with Gasteiger partial charge >= 0.3 is 0 Å². The van der Waals surface area contributed by atoms with Gasteiger partial charge in [-0.2, -0.15) is 0 Å². The average Bonchev–Trinajstić information content (AvgIpc) is 3.34. The lowest BCUT2D eigenvalue weighted by atomic mass is 9.72. The van der Waals surface area contributed by atoms with Gasteiger partial charge in [-0.15, -0.1) is 6.58 Å². The Morgan fingerprint density at radius 2 is 2.03 bits per heavy atom. The number of nitrogens with one attached hydrogen (secondary N) is 1. The van der Waals surface area contributed by atoms with E-state index in [2.05, 4.69) is 52.1 Å². The van der Waals surface area contributed by atoms with Crippen molar-refractivity contribution in [1.82, 2.24) is 15.2 Å². The van der Waals surface area contributed by atoms with Crippen molar-refractivity contribution in [2.45, 2.75) is 51.0 Å². The minimum atomic E-state index is -0.401.